The first kappa shape index (κ1) is 20.1. The van der Waals surface area contributed by atoms with Crippen LogP contribution in [0.1, 0.15) is 30.5 Å². The Bertz CT molecular complexity index is 961. The minimum absolute atomic E-state index is 0.200. The van der Waals surface area contributed by atoms with Crippen molar-refractivity contribution in [2.24, 2.45) is 5.73 Å². The van der Waals surface area contributed by atoms with E-state index in [0.29, 0.717) is 5.11 Å². The number of alkyl halides is 3. The summed E-state index contributed by atoms with van der Waals surface area (Å²) < 4.78 is 40.2. The molecule has 0 aliphatic carbocycles. The average molecular weight is 404 g/mol. The maximum Gasteiger partial charge on any atom is 0.417 e. The molecule has 2 N–H and O–H groups in total. The molecule has 0 amide bonds. The summed E-state index contributed by atoms with van der Waals surface area (Å²) in [6.45, 7) is 5.74. The second-order valence-electron chi connectivity index (χ2n) is 7.26. The van der Waals surface area contributed by atoms with Gasteiger partial charge in [-0.2, -0.15) is 18.4 Å². The van der Waals surface area contributed by atoms with Crippen LogP contribution in [-0.2, 0) is 6.18 Å². The molecule has 0 spiro atoms. The number of thiocarbonyl (C=S) groups is 1. The van der Waals surface area contributed by atoms with Crippen molar-refractivity contribution in [3.63, 3.8) is 0 Å². The van der Waals surface area contributed by atoms with Crippen LogP contribution in [0.25, 0.3) is 0 Å². The third-order valence-corrected chi connectivity index (χ3v) is 5.35. The minimum atomic E-state index is -4.65. The molecule has 1 saturated heterocycles. The fraction of sp³-hybridized carbons (Fsp3) is 0.300. The molecule has 2 aromatic carbocycles. The van der Waals surface area contributed by atoms with E-state index in [2.05, 4.69) is 0 Å². The van der Waals surface area contributed by atoms with E-state index in [0.717, 1.165) is 23.4 Å². The predicted octanol–water partition coefficient (Wildman–Crippen LogP) is 4.56. The lowest BCUT2D eigenvalue weighted by Gasteiger charge is -2.33. The SMILES string of the molecule is Cc1ccc(N2C(=S)N(c3ccc(C#N)c(C(F)(F)F)c3)C(N)C2(C)C)cc1. The number of benzene rings is 2. The summed E-state index contributed by atoms with van der Waals surface area (Å²) in [5.74, 6) is 0. The molecule has 1 aliphatic heterocycles. The Kier molecular flexibility index (Phi) is 4.86. The van der Waals surface area contributed by atoms with E-state index in [9.17, 15) is 13.2 Å². The van der Waals surface area contributed by atoms with Crippen molar-refractivity contribution in [3.05, 3.63) is 59.2 Å². The van der Waals surface area contributed by atoms with Gasteiger partial charge in [-0.05, 0) is 63.3 Å². The largest absolute Gasteiger partial charge is 0.417 e. The van der Waals surface area contributed by atoms with Gasteiger partial charge in [-0.25, -0.2) is 0 Å². The lowest BCUT2D eigenvalue weighted by molar-refractivity contribution is -0.137. The molecule has 8 heteroatoms. The van der Waals surface area contributed by atoms with Gasteiger partial charge < -0.3 is 15.5 Å². The van der Waals surface area contributed by atoms with Crippen molar-refractivity contribution in [2.45, 2.75) is 38.7 Å². The Hall–Kier alpha value is -2.63. The molecule has 0 saturated carbocycles. The van der Waals surface area contributed by atoms with Crippen molar-refractivity contribution in [2.75, 3.05) is 9.80 Å². The van der Waals surface area contributed by atoms with Gasteiger partial charge in [0.1, 0.15) is 6.17 Å². The minimum Gasteiger partial charge on any atom is -0.310 e. The third-order valence-electron chi connectivity index (χ3n) is 4.98. The Balaban J connectivity index is 2.10. The molecule has 1 unspecified atom stereocenters. The van der Waals surface area contributed by atoms with Gasteiger partial charge in [-0.15, -0.1) is 0 Å². The molecule has 2 aromatic rings. The van der Waals surface area contributed by atoms with Gasteiger partial charge in [0.15, 0.2) is 5.11 Å². The molecular weight excluding hydrogens is 385 g/mol. The number of anilines is 2. The van der Waals surface area contributed by atoms with Crippen LogP contribution < -0.4 is 15.5 Å². The van der Waals surface area contributed by atoms with Crippen molar-refractivity contribution < 1.29 is 13.2 Å². The summed E-state index contributed by atoms with van der Waals surface area (Å²) in [7, 11) is 0. The summed E-state index contributed by atoms with van der Waals surface area (Å²) in [5.41, 5.74) is 6.39. The van der Waals surface area contributed by atoms with Crippen molar-refractivity contribution in [1.82, 2.24) is 0 Å². The number of hydrogen-bond acceptors (Lipinski definition) is 3. The lowest BCUT2D eigenvalue weighted by Crippen LogP contribution is -2.52. The third kappa shape index (κ3) is 3.21. The number of halogens is 3. The highest BCUT2D eigenvalue weighted by atomic mass is 32.1. The highest BCUT2D eigenvalue weighted by molar-refractivity contribution is 7.80. The summed E-state index contributed by atoms with van der Waals surface area (Å²) in [6, 6.07) is 12.8. The molecule has 0 bridgehead atoms. The number of nitriles is 1. The van der Waals surface area contributed by atoms with Gasteiger partial charge in [0.2, 0.25) is 0 Å². The molecule has 0 radical (unpaired) electrons. The number of nitrogens with zero attached hydrogens (tertiary/aromatic N) is 3. The van der Waals surface area contributed by atoms with Gasteiger partial charge in [-0.1, -0.05) is 17.7 Å². The molecule has 3 rings (SSSR count). The number of aryl methyl sites for hydroxylation is 1. The second kappa shape index (κ2) is 6.76. The van der Waals surface area contributed by atoms with E-state index in [4.69, 9.17) is 23.2 Å². The Morgan fingerprint density at radius 2 is 1.68 bits per heavy atom. The van der Waals surface area contributed by atoms with Crippen molar-refractivity contribution >= 4 is 28.7 Å². The van der Waals surface area contributed by atoms with Crippen LogP contribution in [0.4, 0.5) is 24.5 Å². The van der Waals surface area contributed by atoms with Crippen LogP contribution in [-0.4, -0.2) is 16.8 Å². The zero-order valence-corrected chi connectivity index (χ0v) is 16.4. The van der Waals surface area contributed by atoms with E-state index in [1.165, 1.54) is 11.0 Å². The van der Waals surface area contributed by atoms with Crippen molar-refractivity contribution in [1.29, 1.82) is 5.26 Å². The maximum atomic E-state index is 13.4. The second-order valence-corrected chi connectivity index (χ2v) is 7.63. The first-order valence-electron chi connectivity index (χ1n) is 8.55. The Morgan fingerprint density at radius 3 is 2.21 bits per heavy atom. The number of hydrogen-bond donors (Lipinski definition) is 1. The molecule has 1 aliphatic rings. The molecule has 1 heterocycles. The lowest BCUT2D eigenvalue weighted by atomic mass is 9.99. The van der Waals surface area contributed by atoms with Crippen molar-refractivity contribution in [3.8, 4) is 6.07 Å². The first-order valence-corrected chi connectivity index (χ1v) is 8.96. The fourth-order valence-corrected chi connectivity index (χ4v) is 3.90. The van der Waals surface area contributed by atoms with Crippen LogP contribution >= 0.6 is 12.2 Å². The van der Waals surface area contributed by atoms with Gasteiger partial charge in [-0.3, -0.25) is 0 Å². The van der Waals surface area contributed by atoms with Crippen LogP contribution in [0.2, 0.25) is 0 Å². The van der Waals surface area contributed by atoms with E-state index < -0.39 is 29.0 Å². The zero-order valence-electron chi connectivity index (χ0n) is 15.6. The van der Waals surface area contributed by atoms with E-state index in [1.54, 1.807) is 6.07 Å². The standard InChI is InChI=1S/C20H19F3N4S/c1-12-4-7-14(8-5-12)27-18(28)26(17(25)19(27,2)3)15-9-6-13(11-24)16(10-15)20(21,22)23/h4-10,17H,25H2,1-3H3. The Morgan fingerprint density at radius 1 is 1.11 bits per heavy atom. The quantitative estimate of drug-likeness (QED) is 0.744. The molecule has 4 nitrogen and oxygen atoms in total. The molecule has 1 fully saturated rings. The van der Waals surface area contributed by atoms with Gasteiger partial charge in [0, 0.05) is 11.4 Å². The summed E-state index contributed by atoms with van der Waals surface area (Å²) >= 11 is 5.61. The van der Waals surface area contributed by atoms with E-state index in [1.807, 2.05) is 49.9 Å². The van der Waals surface area contributed by atoms with Gasteiger partial charge >= 0.3 is 6.18 Å². The normalized spacial score (nSPS) is 19.1. The zero-order chi connectivity index (χ0) is 20.9. The molecular formula is C20H19F3N4S. The fourth-order valence-electron chi connectivity index (χ4n) is 3.34. The van der Waals surface area contributed by atoms with Crippen LogP contribution in [0, 0.1) is 18.3 Å². The van der Waals surface area contributed by atoms with Crippen LogP contribution in [0.15, 0.2) is 42.5 Å². The monoisotopic (exact) mass is 404 g/mol. The molecule has 28 heavy (non-hydrogen) atoms. The number of nitrogens with two attached hydrogens (primary N) is 1. The van der Waals surface area contributed by atoms with Crippen LogP contribution in [0.5, 0.6) is 0 Å². The summed E-state index contributed by atoms with van der Waals surface area (Å²) in [5, 5.41) is 9.32. The van der Waals surface area contributed by atoms with Gasteiger partial charge in [0.25, 0.3) is 0 Å². The molecule has 0 aromatic heterocycles. The summed E-state index contributed by atoms with van der Waals surface area (Å²) in [6.07, 6.45) is -5.34. The van der Waals surface area contributed by atoms with E-state index in [-0.39, 0.29) is 5.69 Å². The number of rotatable bonds is 2. The average Bonchev–Trinajstić information content (AvgIpc) is 2.79. The highest BCUT2D eigenvalue weighted by Crippen LogP contribution is 2.40. The van der Waals surface area contributed by atoms with Crippen LogP contribution in [0.3, 0.4) is 0 Å². The Labute approximate surface area is 167 Å². The van der Waals surface area contributed by atoms with Gasteiger partial charge in [0.05, 0.1) is 22.7 Å². The smallest absolute Gasteiger partial charge is 0.310 e. The van der Waals surface area contributed by atoms with E-state index >= 15 is 0 Å². The molecule has 1 atom stereocenters. The topological polar surface area (TPSA) is 56.3 Å². The maximum absolute atomic E-state index is 13.4. The highest BCUT2D eigenvalue weighted by Gasteiger charge is 2.49. The molecule has 146 valence electrons. The predicted molar refractivity (Wildman–Crippen MR) is 107 cm³/mol. The first-order chi connectivity index (χ1) is 13.0. The summed E-state index contributed by atoms with van der Waals surface area (Å²) in [4.78, 5) is 3.35.